The molecule has 1 aliphatic carbocycles. The molecule has 1 aliphatic heterocycles. The van der Waals surface area contributed by atoms with Gasteiger partial charge in [-0.3, -0.25) is 9.59 Å². The number of fused-ring (bicyclic) bond motifs is 1. The van der Waals surface area contributed by atoms with Gasteiger partial charge in [0.25, 0.3) is 11.8 Å². The third kappa shape index (κ3) is 7.18. The van der Waals surface area contributed by atoms with E-state index >= 15 is 0 Å². The van der Waals surface area contributed by atoms with Gasteiger partial charge in [-0.25, -0.2) is 17.9 Å². The number of ether oxygens (including phenoxy) is 1. The summed E-state index contributed by atoms with van der Waals surface area (Å²) in [5.74, 6) is -2.64. The van der Waals surface area contributed by atoms with Crippen molar-refractivity contribution in [3.8, 4) is 5.75 Å². The number of halogens is 3. The predicted octanol–water partition coefficient (Wildman–Crippen LogP) is 4.45. The van der Waals surface area contributed by atoms with Crippen LogP contribution in [0.4, 0.5) is 19.0 Å². The fraction of sp³-hybridized carbons (Fsp3) is 0.560. The van der Waals surface area contributed by atoms with Gasteiger partial charge in [0.05, 0.1) is 11.4 Å². The first-order valence-electron chi connectivity index (χ1n) is 12.1. The first-order chi connectivity index (χ1) is 17.1. The Bertz CT molecular complexity index is 1110. The lowest BCUT2D eigenvalue weighted by atomic mass is 9.96. The smallest absolute Gasteiger partial charge is 0.278 e. The molecule has 0 radical (unpaired) electrons. The number of aryl methyl sites for hydroxylation is 2. The normalized spacial score (nSPS) is 17.5. The molecular weight excluding hydrogens is 493 g/mol. The largest absolute Gasteiger partial charge is 0.487 e. The summed E-state index contributed by atoms with van der Waals surface area (Å²) in [6.07, 6.45) is 6.58. The number of hydrogen-bond acceptors (Lipinski definition) is 5. The van der Waals surface area contributed by atoms with E-state index in [-0.39, 0.29) is 29.4 Å². The summed E-state index contributed by atoms with van der Waals surface area (Å²) < 4.78 is 47.0. The molecule has 2 amide bonds. The maximum atomic E-state index is 14.0. The van der Waals surface area contributed by atoms with Crippen molar-refractivity contribution in [3.63, 3.8) is 0 Å². The Morgan fingerprint density at radius 2 is 2.08 bits per heavy atom. The highest BCUT2D eigenvalue weighted by atomic mass is 32.2. The van der Waals surface area contributed by atoms with Crippen LogP contribution >= 0.6 is 11.8 Å². The molecular formula is C25H31F3N4O3S. The molecule has 2 heterocycles. The number of hydrogen-bond donors (Lipinski definition) is 2. The van der Waals surface area contributed by atoms with Crippen LogP contribution in [0, 0.1) is 11.7 Å². The van der Waals surface area contributed by atoms with Gasteiger partial charge >= 0.3 is 0 Å². The average molecular weight is 525 g/mol. The van der Waals surface area contributed by atoms with Crippen LogP contribution in [0.5, 0.6) is 5.75 Å². The Labute approximate surface area is 212 Å². The quantitative estimate of drug-likeness (QED) is 0.429. The van der Waals surface area contributed by atoms with Crippen molar-refractivity contribution in [1.82, 2.24) is 15.1 Å². The Morgan fingerprint density at radius 1 is 1.31 bits per heavy atom. The van der Waals surface area contributed by atoms with Crippen molar-refractivity contribution in [2.45, 2.75) is 64.0 Å². The van der Waals surface area contributed by atoms with E-state index in [0.29, 0.717) is 54.4 Å². The van der Waals surface area contributed by atoms with Crippen molar-refractivity contribution in [2.75, 3.05) is 23.9 Å². The molecule has 4 rings (SSSR count). The number of carbonyl (C=O) groups is 2. The summed E-state index contributed by atoms with van der Waals surface area (Å²) >= 11 is 1.40. The molecule has 2 aromatic rings. The molecule has 1 aromatic carbocycles. The third-order valence-corrected chi connectivity index (χ3v) is 6.76. The minimum atomic E-state index is -3.02. The van der Waals surface area contributed by atoms with E-state index in [0.717, 1.165) is 19.4 Å². The standard InChI is InChI=1S/C25H31F3N4O3S/c1-25(27,28)14-35-19-10-16(9-17(26)11-19)5-6-18-12-20-22(24(34)29-18)23(30-21(33)13-36-2)32(31-20)8-7-15-3-4-15/h9-11,15,18H,3-8,12-14H2,1-2H3,(H,29,34)(H,30,33)/t18-/m0/s1. The highest BCUT2D eigenvalue weighted by Gasteiger charge is 2.33. The number of rotatable bonds is 12. The zero-order valence-electron chi connectivity index (χ0n) is 20.4. The third-order valence-electron chi connectivity index (χ3n) is 6.21. The molecule has 1 saturated carbocycles. The molecule has 1 atom stereocenters. The molecule has 2 aliphatic rings. The molecule has 0 saturated heterocycles. The lowest BCUT2D eigenvalue weighted by molar-refractivity contribution is -0.113. The molecule has 1 aromatic heterocycles. The number of alkyl halides is 2. The van der Waals surface area contributed by atoms with E-state index < -0.39 is 18.3 Å². The molecule has 1 fully saturated rings. The number of aromatic nitrogens is 2. The van der Waals surface area contributed by atoms with Gasteiger partial charge in [-0.05, 0) is 49.1 Å². The van der Waals surface area contributed by atoms with E-state index in [1.54, 1.807) is 4.68 Å². The molecule has 0 unspecified atom stereocenters. The predicted molar refractivity (Wildman–Crippen MR) is 132 cm³/mol. The zero-order valence-corrected chi connectivity index (χ0v) is 21.2. The second-order valence-corrected chi connectivity index (χ2v) is 10.5. The molecule has 0 bridgehead atoms. The first-order valence-corrected chi connectivity index (χ1v) is 13.5. The summed E-state index contributed by atoms with van der Waals surface area (Å²) in [5.41, 5.74) is 1.62. The van der Waals surface area contributed by atoms with Gasteiger partial charge in [0.15, 0.2) is 6.61 Å². The van der Waals surface area contributed by atoms with Crippen LogP contribution in [-0.4, -0.2) is 52.2 Å². The van der Waals surface area contributed by atoms with Crippen molar-refractivity contribution < 1.29 is 27.5 Å². The first kappa shape index (κ1) is 26.4. The fourth-order valence-electron chi connectivity index (χ4n) is 4.31. The van der Waals surface area contributed by atoms with Crippen LogP contribution in [0.25, 0.3) is 0 Å². The fourth-order valence-corrected chi connectivity index (χ4v) is 4.64. The van der Waals surface area contributed by atoms with E-state index in [9.17, 15) is 22.8 Å². The van der Waals surface area contributed by atoms with Crippen LogP contribution in [-0.2, 0) is 24.2 Å². The summed E-state index contributed by atoms with van der Waals surface area (Å²) in [5, 5.41) is 10.5. The molecule has 11 heteroatoms. The van der Waals surface area contributed by atoms with Gasteiger partial charge in [-0.2, -0.15) is 16.9 Å². The molecule has 0 spiro atoms. The minimum absolute atomic E-state index is 0.0431. The molecule has 196 valence electrons. The summed E-state index contributed by atoms with van der Waals surface area (Å²) in [6, 6.07) is 3.71. The molecule has 7 nitrogen and oxygen atoms in total. The number of carbonyl (C=O) groups excluding carboxylic acids is 2. The van der Waals surface area contributed by atoms with E-state index in [1.807, 2.05) is 6.26 Å². The van der Waals surface area contributed by atoms with E-state index in [1.165, 1.54) is 36.7 Å². The SMILES string of the molecule is CSCC(=O)Nc1c2c(nn1CCC1CC1)C[C@H](CCc1cc(F)cc(OCC(C)(F)F)c1)NC2=O. The van der Waals surface area contributed by atoms with Crippen LogP contribution in [0.15, 0.2) is 18.2 Å². The lowest BCUT2D eigenvalue weighted by Crippen LogP contribution is -2.41. The number of nitrogens with one attached hydrogen (secondary N) is 2. The number of amides is 2. The number of anilines is 1. The van der Waals surface area contributed by atoms with Crippen molar-refractivity contribution in [3.05, 3.63) is 40.8 Å². The maximum Gasteiger partial charge on any atom is 0.278 e. The maximum absolute atomic E-state index is 14.0. The summed E-state index contributed by atoms with van der Waals surface area (Å²) in [4.78, 5) is 25.3. The second-order valence-electron chi connectivity index (χ2n) is 9.67. The highest BCUT2D eigenvalue weighted by molar-refractivity contribution is 7.99. The Morgan fingerprint density at radius 3 is 2.78 bits per heavy atom. The molecule has 36 heavy (non-hydrogen) atoms. The van der Waals surface area contributed by atoms with E-state index in [4.69, 9.17) is 4.74 Å². The number of benzene rings is 1. The Hall–Kier alpha value is -2.69. The van der Waals surface area contributed by atoms with Crippen LogP contribution in [0.1, 0.15) is 54.2 Å². The Kier molecular flexibility index (Phi) is 8.17. The van der Waals surface area contributed by atoms with Gasteiger partial charge in [-0.15, -0.1) is 0 Å². The molecule has 2 N–H and O–H groups in total. The zero-order chi connectivity index (χ0) is 25.9. The monoisotopic (exact) mass is 524 g/mol. The van der Waals surface area contributed by atoms with Gasteiger partial charge < -0.3 is 15.4 Å². The number of thioether (sulfide) groups is 1. The lowest BCUT2D eigenvalue weighted by Gasteiger charge is -2.23. The Balaban J connectivity index is 1.44. The highest BCUT2D eigenvalue weighted by Crippen LogP contribution is 2.34. The van der Waals surface area contributed by atoms with Gasteiger partial charge in [0.2, 0.25) is 5.91 Å². The van der Waals surface area contributed by atoms with Crippen LogP contribution in [0.3, 0.4) is 0 Å². The van der Waals surface area contributed by atoms with E-state index in [2.05, 4.69) is 15.7 Å². The van der Waals surface area contributed by atoms with Crippen molar-refractivity contribution in [1.29, 1.82) is 0 Å². The minimum Gasteiger partial charge on any atom is -0.487 e. The van der Waals surface area contributed by atoms with Crippen molar-refractivity contribution >= 4 is 29.4 Å². The van der Waals surface area contributed by atoms with Gasteiger partial charge in [-0.1, -0.05) is 12.8 Å². The van der Waals surface area contributed by atoms with Gasteiger partial charge in [0.1, 0.15) is 22.9 Å². The van der Waals surface area contributed by atoms with Crippen molar-refractivity contribution in [2.24, 2.45) is 5.92 Å². The van der Waals surface area contributed by atoms with Crippen LogP contribution in [0.2, 0.25) is 0 Å². The average Bonchev–Trinajstić information content (AvgIpc) is 3.56. The number of nitrogens with zero attached hydrogens (tertiary/aromatic N) is 2. The summed E-state index contributed by atoms with van der Waals surface area (Å²) in [6.45, 7) is 0.532. The van der Waals surface area contributed by atoms with Crippen LogP contribution < -0.4 is 15.4 Å². The topological polar surface area (TPSA) is 85.2 Å². The summed E-state index contributed by atoms with van der Waals surface area (Å²) in [7, 11) is 0. The second kappa shape index (κ2) is 11.1. The van der Waals surface area contributed by atoms with Gasteiger partial charge in [0, 0.05) is 32.0 Å².